The average molecular weight is 400 g/mol. The molecule has 0 aliphatic carbocycles. The third-order valence-electron chi connectivity index (χ3n) is 5.64. The van der Waals surface area contributed by atoms with Crippen LogP contribution in [-0.2, 0) is 16.4 Å². The van der Waals surface area contributed by atoms with Gasteiger partial charge in [0.05, 0.1) is 10.6 Å². The lowest BCUT2D eigenvalue weighted by Gasteiger charge is -2.34. The zero-order valence-corrected chi connectivity index (χ0v) is 16.9. The van der Waals surface area contributed by atoms with Crippen LogP contribution in [0.3, 0.4) is 0 Å². The lowest BCUT2D eigenvalue weighted by molar-refractivity contribution is 0.0643. The summed E-state index contributed by atoms with van der Waals surface area (Å²) in [6.45, 7) is 6.73. The van der Waals surface area contributed by atoms with E-state index in [2.05, 4.69) is 11.8 Å². The summed E-state index contributed by atoms with van der Waals surface area (Å²) in [4.78, 5) is 17.1. The third kappa shape index (κ3) is 3.40. The Bertz CT molecular complexity index is 965. The van der Waals surface area contributed by atoms with Crippen LogP contribution in [0.1, 0.15) is 22.8 Å². The molecule has 2 aromatic carbocycles. The van der Waals surface area contributed by atoms with Crippen molar-refractivity contribution in [2.75, 3.05) is 43.6 Å². The molecule has 0 radical (unpaired) electrons. The maximum absolute atomic E-state index is 13.1. The molecule has 2 heterocycles. The van der Waals surface area contributed by atoms with E-state index in [4.69, 9.17) is 0 Å². The van der Waals surface area contributed by atoms with Crippen molar-refractivity contribution >= 4 is 21.6 Å². The molecule has 0 unspecified atom stereocenters. The number of para-hydroxylation sites is 1. The number of carbonyl (C=O) groups is 1. The summed E-state index contributed by atoms with van der Waals surface area (Å²) in [6, 6.07) is 13.9. The Morgan fingerprint density at radius 3 is 2.29 bits per heavy atom. The number of sulfonamides is 1. The first kappa shape index (κ1) is 19.0. The Balaban J connectivity index is 1.51. The second-order valence-corrected chi connectivity index (χ2v) is 9.07. The molecule has 2 aliphatic heterocycles. The van der Waals surface area contributed by atoms with Gasteiger partial charge in [-0.15, -0.1) is 0 Å². The lowest BCUT2D eigenvalue weighted by atomic mass is 10.2. The van der Waals surface area contributed by atoms with E-state index in [9.17, 15) is 13.2 Å². The molecular formula is C21H25N3O3S. The van der Waals surface area contributed by atoms with Crippen LogP contribution in [0.5, 0.6) is 0 Å². The molecule has 1 fully saturated rings. The zero-order chi connectivity index (χ0) is 19.7. The summed E-state index contributed by atoms with van der Waals surface area (Å²) in [5, 5.41) is 0. The minimum atomic E-state index is -3.63. The van der Waals surface area contributed by atoms with Gasteiger partial charge >= 0.3 is 0 Å². The van der Waals surface area contributed by atoms with Crippen molar-refractivity contribution in [3.63, 3.8) is 0 Å². The highest BCUT2D eigenvalue weighted by atomic mass is 32.2. The molecule has 0 N–H and O–H groups in total. The van der Waals surface area contributed by atoms with Crippen LogP contribution < -0.4 is 4.31 Å². The maximum Gasteiger partial charge on any atom is 0.264 e. The normalized spacial score (nSPS) is 17.6. The first-order valence-corrected chi connectivity index (χ1v) is 11.2. The van der Waals surface area contributed by atoms with E-state index in [1.54, 1.807) is 24.3 Å². The fourth-order valence-electron chi connectivity index (χ4n) is 3.90. The summed E-state index contributed by atoms with van der Waals surface area (Å²) >= 11 is 0. The fourth-order valence-corrected chi connectivity index (χ4v) is 5.41. The van der Waals surface area contributed by atoms with E-state index < -0.39 is 10.0 Å². The van der Waals surface area contributed by atoms with E-state index in [0.717, 1.165) is 37.3 Å². The molecule has 0 saturated carbocycles. The predicted octanol–water partition coefficient (Wildman–Crippen LogP) is 2.22. The van der Waals surface area contributed by atoms with Crippen LogP contribution in [0.4, 0.5) is 5.69 Å². The Morgan fingerprint density at radius 2 is 1.61 bits per heavy atom. The van der Waals surface area contributed by atoms with Gasteiger partial charge in [-0.1, -0.05) is 25.1 Å². The zero-order valence-electron chi connectivity index (χ0n) is 16.0. The number of anilines is 1. The van der Waals surface area contributed by atoms with Crippen molar-refractivity contribution in [1.29, 1.82) is 0 Å². The second-order valence-electron chi connectivity index (χ2n) is 7.21. The predicted molar refractivity (Wildman–Crippen MR) is 109 cm³/mol. The van der Waals surface area contributed by atoms with Gasteiger partial charge in [-0.05, 0) is 48.9 Å². The van der Waals surface area contributed by atoms with Crippen LogP contribution in [0.25, 0.3) is 0 Å². The third-order valence-corrected chi connectivity index (χ3v) is 7.47. The SMILES string of the molecule is CCN1CCN(C(=O)c2ccc(S(=O)(=O)N3CCc4ccccc43)cc2)CC1. The van der Waals surface area contributed by atoms with Crippen molar-refractivity contribution in [2.24, 2.45) is 0 Å². The van der Waals surface area contributed by atoms with Gasteiger partial charge in [0.15, 0.2) is 0 Å². The summed E-state index contributed by atoms with van der Waals surface area (Å²) < 4.78 is 27.6. The highest BCUT2D eigenvalue weighted by molar-refractivity contribution is 7.92. The van der Waals surface area contributed by atoms with Gasteiger partial charge in [0.1, 0.15) is 0 Å². The molecule has 148 valence electrons. The molecule has 4 rings (SSSR count). The first-order chi connectivity index (χ1) is 13.5. The monoisotopic (exact) mass is 399 g/mol. The van der Waals surface area contributed by atoms with Crippen molar-refractivity contribution in [3.05, 3.63) is 59.7 Å². The van der Waals surface area contributed by atoms with E-state index in [-0.39, 0.29) is 10.8 Å². The highest BCUT2D eigenvalue weighted by Gasteiger charge is 2.31. The number of amides is 1. The quantitative estimate of drug-likeness (QED) is 0.791. The van der Waals surface area contributed by atoms with Crippen molar-refractivity contribution < 1.29 is 13.2 Å². The minimum absolute atomic E-state index is 0.0359. The van der Waals surface area contributed by atoms with Gasteiger partial charge in [-0.3, -0.25) is 9.10 Å². The molecule has 2 aliphatic rings. The molecule has 1 saturated heterocycles. The van der Waals surface area contributed by atoms with Gasteiger partial charge in [-0.25, -0.2) is 8.42 Å². The average Bonchev–Trinajstić information content (AvgIpc) is 3.18. The Morgan fingerprint density at radius 1 is 0.929 bits per heavy atom. The summed E-state index contributed by atoms with van der Waals surface area (Å²) in [6.07, 6.45) is 0.718. The molecule has 6 nitrogen and oxygen atoms in total. The van der Waals surface area contributed by atoms with Crippen LogP contribution in [0.2, 0.25) is 0 Å². The summed E-state index contributed by atoms with van der Waals surface area (Å²) in [5.41, 5.74) is 2.33. The van der Waals surface area contributed by atoms with Gasteiger partial charge < -0.3 is 9.80 Å². The Kier molecular flexibility index (Phi) is 5.12. The van der Waals surface area contributed by atoms with E-state index in [1.807, 2.05) is 29.2 Å². The topological polar surface area (TPSA) is 60.9 Å². The van der Waals surface area contributed by atoms with E-state index in [1.165, 1.54) is 4.31 Å². The fraction of sp³-hybridized carbons (Fsp3) is 0.381. The van der Waals surface area contributed by atoms with Gasteiger partial charge in [0.25, 0.3) is 15.9 Å². The van der Waals surface area contributed by atoms with Gasteiger partial charge in [0.2, 0.25) is 0 Å². The van der Waals surface area contributed by atoms with E-state index >= 15 is 0 Å². The smallest absolute Gasteiger partial charge is 0.264 e. The number of hydrogen-bond donors (Lipinski definition) is 0. The second kappa shape index (κ2) is 7.56. The van der Waals surface area contributed by atoms with Crippen LogP contribution in [0, 0.1) is 0 Å². The maximum atomic E-state index is 13.1. The number of piperazine rings is 1. The molecule has 0 atom stereocenters. The molecule has 1 amide bonds. The van der Waals surface area contributed by atoms with E-state index in [0.29, 0.717) is 25.2 Å². The number of likely N-dealkylation sites (N-methyl/N-ethyl adjacent to an activating group) is 1. The van der Waals surface area contributed by atoms with Crippen LogP contribution in [-0.4, -0.2) is 63.4 Å². The number of carbonyl (C=O) groups excluding carboxylic acids is 1. The minimum Gasteiger partial charge on any atom is -0.336 e. The molecule has 0 aromatic heterocycles. The van der Waals surface area contributed by atoms with Crippen molar-refractivity contribution in [3.8, 4) is 0 Å². The number of rotatable bonds is 4. The van der Waals surface area contributed by atoms with Crippen LogP contribution >= 0.6 is 0 Å². The summed E-state index contributed by atoms with van der Waals surface area (Å²) in [7, 11) is -3.63. The number of benzene rings is 2. The van der Waals surface area contributed by atoms with Crippen LogP contribution in [0.15, 0.2) is 53.4 Å². The molecule has 28 heavy (non-hydrogen) atoms. The molecule has 7 heteroatoms. The number of hydrogen-bond acceptors (Lipinski definition) is 4. The number of nitrogens with zero attached hydrogens (tertiary/aromatic N) is 3. The Labute approximate surface area is 166 Å². The van der Waals surface area contributed by atoms with Crippen molar-refractivity contribution in [2.45, 2.75) is 18.2 Å². The largest absolute Gasteiger partial charge is 0.336 e. The molecule has 0 spiro atoms. The molecule has 0 bridgehead atoms. The number of fused-ring (bicyclic) bond motifs is 1. The summed E-state index contributed by atoms with van der Waals surface area (Å²) in [5.74, 6) is -0.0359. The lowest BCUT2D eigenvalue weighted by Crippen LogP contribution is -2.48. The molecular weight excluding hydrogens is 374 g/mol. The van der Waals surface area contributed by atoms with Gasteiger partial charge in [0, 0.05) is 38.3 Å². The van der Waals surface area contributed by atoms with Gasteiger partial charge in [-0.2, -0.15) is 0 Å². The standard InChI is InChI=1S/C21H25N3O3S/c1-2-22-13-15-23(16-14-22)21(25)18-7-9-19(10-8-18)28(26,27)24-12-11-17-5-3-4-6-20(17)24/h3-10H,2,11-16H2,1H3. The first-order valence-electron chi connectivity index (χ1n) is 9.73. The Hall–Kier alpha value is -2.38. The highest BCUT2D eigenvalue weighted by Crippen LogP contribution is 2.32. The molecule has 2 aromatic rings. The van der Waals surface area contributed by atoms with Crippen molar-refractivity contribution in [1.82, 2.24) is 9.80 Å².